The third kappa shape index (κ3) is 3.65. The summed E-state index contributed by atoms with van der Waals surface area (Å²) < 4.78 is 6.64. The van der Waals surface area contributed by atoms with Gasteiger partial charge in [-0.15, -0.1) is 23.1 Å². The highest BCUT2D eigenvalue weighted by molar-refractivity contribution is 8.01. The summed E-state index contributed by atoms with van der Waals surface area (Å²) in [4.78, 5) is 11.8. The monoisotopic (exact) mass is 281 g/mol. The van der Waals surface area contributed by atoms with Gasteiger partial charge in [-0.05, 0) is 37.4 Å². The molecule has 0 aliphatic carbocycles. The van der Waals surface area contributed by atoms with Crippen LogP contribution in [0.2, 0.25) is 0 Å². The second kappa shape index (κ2) is 6.11. The lowest BCUT2D eigenvalue weighted by atomic mass is 10.2. The lowest BCUT2D eigenvalue weighted by Gasteiger charge is -2.10. The van der Waals surface area contributed by atoms with E-state index in [0.29, 0.717) is 5.75 Å². The number of rotatable bonds is 5. The number of amides is 1. The summed E-state index contributed by atoms with van der Waals surface area (Å²) in [5, 5.41) is 4.93. The van der Waals surface area contributed by atoms with Gasteiger partial charge in [0.05, 0.1) is 16.0 Å². The molecule has 2 heterocycles. The quantitative estimate of drug-likeness (QED) is 0.851. The average Bonchev–Trinajstić information content (AvgIpc) is 2.97. The van der Waals surface area contributed by atoms with Gasteiger partial charge in [-0.1, -0.05) is 6.07 Å². The van der Waals surface area contributed by atoms with E-state index in [0.717, 1.165) is 15.7 Å². The number of hydrogen-bond donors (Lipinski definition) is 1. The zero-order valence-corrected chi connectivity index (χ0v) is 11.9. The topological polar surface area (TPSA) is 42.2 Å². The first-order chi connectivity index (χ1) is 8.65. The minimum absolute atomic E-state index is 0.0231. The van der Waals surface area contributed by atoms with Crippen LogP contribution in [-0.2, 0) is 4.79 Å². The van der Waals surface area contributed by atoms with E-state index in [2.05, 4.69) is 5.32 Å². The molecule has 0 radical (unpaired) electrons. The largest absolute Gasteiger partial charge is 0.464 e. The first kappa shape index (κ1) is 13.2. The molecule has 1 unspecified atom stereocenters. The van der Waals surface area contributed by atoms with Crippen LogP contribution in [0.3, 0.4) is 0 Å². The zero-order valence-electron chi connectivity index (χ0n) is 10.3. The minimum atomic E-state index is -0.0878. The second-order valence-corrected chi connectivity index (χ2v) is 6.18. The summed E-state index contributed by atoms with van der Waals surface area (Å²) in [6.07, 6.45) is 0. The maximum atomic E-state index is 11.8. The number of thioether (sulfide) groups is 1. The first-order valence-electron chi connectivity index (χ1n) is 5.67. The summed E-state index contributed by atoms with van der Waals surface area (Å²) in [7, 11) is 0. The maximum Gasteiger partial charge on any atom is 0.230 e. The van der Waals surface area contributed by atoms with E-state index < -0.39 is 0 Å². The van der Waals surface area contributed by atoms with Gasteiger partial charge in [0.1, 0.15) is 11.5 Å². The lowest BCUT2D eigenvalue weighted by molar-refractivity contribution is -0.119. The van der Waals surface area contributed by atoms with Crippen molar-refractivity contribution in [2.75, 3.05) is 5.75 Å². The summed E-state index contributed by atoms with van der Waals surface area (Å²) in [6.45, 7) is 3.82. The smallest absolute Gasteiger partial charge is 0.230 e. The van der Waals surface area contributed by atoms with Crippen LogP contribution < -0.4 is 5.32 Å². The molecule has 0 aromatic carbocycles. The third-order valence-corrected chi connectivity index (χ3v) is 4.54. The fraction of sp³-hybridized carbons (Fsp3) is 0.308. The molecule has 0 saturated carbocycles. The zero-order chi connectivity index (χ0) is 13.0. The van der Waals surface area contributed by atoms with Crippen LogP contribution in [0.1, 0.15) is 24.5 Å². The normalized spacial score (nSPS) is 12.3. The summed E-state index contributed by atoms with van der Waals surface area (Å²) >= 11 is 3.20. The molecule has 2 rings (SSSR count). The van der Waals surface area contributed by atoms with Crippen LogP contribution in [0.4, 0.5) is 0 Å². The first-order valence-corrected chi connectivity index (χ1v) is 7.53. The fourth-order valence-electron chi connectivity index (χ4n) is 1.52. The molecule has 18 heavy (non-hydrogen) atoms. The molecule has 1 atom stereocenters. The van der Waals surface area contributed by atoms with Crippen molar-refractivity contribution < 1.29 is 9.21 Å². The van der Waals surface area contributed by atoms with E-state index >= 15 is 0 Å². The number of aryl methyl sites for hydroxylation is 1. The molecule has 1 N–H and O–H groups in total. The highest BCUT2D eigenvalue weighted by Gasteiger charge is 2.12. The van der Waals surface area contributed by atoms with Crippen LogP contribution in [0.15, 0.2) is 38.3 Å². The predicted molar refractivity (Wildman–Crippen MR) is 75.0 cm³/mol. The summed E-state index contributed by atoms with van der Waals surface area (Å²) in [6, 6.07) is 7.71. The number of nitrogens with one attached hydrogen (secondary N) is 1. The molecule has 96 valence electrons. The van der Waals surface area contributed by atoms with Gasteiger partial charge in [0.25, 0.3) is 0 Å². The Morgan fingerprint density at radius 3 is 2.94 bits per heavy atom. The van der Waals surface area contributed by atoms with Crippen molar-refractivity contribution in [2.24, 2.45) is 0 Å². The predicted octanol–water partition coefficient (Wildman–Crippen LogP) is 3.62. The molecule has 0 fully saturated rings. The lowest BCUT2D eigenvalue weighted by Crippen LogP contribution is -2.27. The standard InChI is InChI=1S/C13H15NO2S2/c1-9-5-6-11(16-9)10(2)14-12(15)8-18-13-4-3-7-17-13/h3-7,10H,8H2,1-2H3,(H,14,15). The van der Waals surface area contributed by atoms with Gasteiger partial charge in [0, 0.05) is 0 Å². The number of furan rings is 1. The third-order valence-electron chi connectivity index (χ3n) is 2.41. The molecule has 0 bridgehead atoms. The van der Waals surface area contributed by atoms with Gasteiger partial charge >= 0.3 is 0 Å². The Bertz CT molecular complexity index is 505. The van der Waals surface area contributed by atoms with Gasteiger partial charge in [-0.25, -0.2) is 0 Å². The van der Waals surface area contributed by atoms with E-state index in [1.807, 2.05) is 43.5 Å². The van der Waals surface area contributed by atoms with Gasteiger partial charge in [-0.3, -0.25) is 4.79 Å². The molecular formula is C13H15NO2S2. The molecule has 1 amide bonds. The maximum absolute atomic E-state index is 11.8. The van der Waals surface area contributed by atoms with E-state index in [1.54, 1.807) is 23.1 Å². The molecule has 0 aliphatic rings. The Kier molecular flexibility index (Phi) is 4.49. The number of carbonyl (C=O) groups excluding carboxylic acids is 1. The highest BCUT2D eigenvalue weighted by Crippen LogP contribution is 2.23. The molecular weight excluding hydrogens is 266 g/mol. The molecule has 0 spiro atoms. The van der Waals surface area contributed by atoms with E-state index in [4.69, 9.17) is 4.42 Å². The van der Waals surface area contributed by atoms with E-state index in [-0.39, 0.29) is 11.9 Å². The Hall–Kier alpha value is -1.20. The molecule has 2 aromatic rings. The molecule has 5 heteroatoms. The Balaban J connectivity index is 1.80. The van der Waals surface area contributed by atoms with Crippen molar-refractivity contribution in [3.63, 3.8) is 0 Å². The number of carbonyl (C=O) groups is 1. The van der Waals surface area contributed by atoms with Crippen molar-refractivity contribution >= 4 is 29.0 Å². The summed E-state index contributed by atoms with van der Waals surface area (Å²) in [5.41, 5.74) is 0. The Labute approximate surface area is 115 Å². The molecule has 3 nitrogen and oxygen atoms in total. The van der Waals surface area contributed by atoms with Crippen molar-refractivity contribution in [3.8, 4) is 0 Å². The molecule has 0 saturated heterocycles. The summed E-state index contributed by atoms with van der Waals surface area (Å²) in [5.74, 6) is 2.11. The van der Waals surface area contributed by atoms with Crippen LogP contribution in [0.5, 0.6) is 0 Å². The Morgan fingerprint density at radius 1 is 1.50 bits per heavy atom. The minimum Gasteiger partial charge on any atom is -0.464 e. The Morgan fingerprint density at radius 2 is 2.33 bits per heavy atom. The molecule has 0 aliphatic heterocycles. The van der Waals surface area contributed by atoms with Crippen molar-refractivity contribution in [1.82, 2.24) is 5.32 Å². The van der Waals surface area contributed by atoms with Gasteiger partial charge in [0.15, 0.2) is 0 Å². The van der Waals surface area contributed by atoms with Crippen molar-refractivity contribution in [3.05, 3.63) is 41.2 Å². The van der Waals surface area contributed by atoms with Crippen molar-refractivity contribution in [2.45, 2.75) is 24.1 Å². The van der Waals surface area contributed by atoms with Gasteiger partial charge in [-0.2, -0.15) is 0 Å². The van der Waals surface area contributed by atoms with E-state index in [9.17, 15) is 4.79 Å². The van der Waals surface area contributed by atoms with Gasteiger partial charge < -0.3 is 9.73 Å². The van der Waals surface area contributed by atoms with Crippen LogP contribution in [-0.4, -0.2) is 11.7 Å². The average molecular weight is 281 g/mol. The molecule has 2 aromatic heterocycles. The number of thiophene rings is 1. The van der Waals surface area contributed by atoms with Gasteiger partial charge in [0.2, 0.25) is 5.91 Å². The SMILES string of the molecule is Cc1ccc(C(C)NC(=O)CSc2cccs2)o1. The van der Waals surface area contributed by atoms with E-state index in [1.165, 1.54) is 0 Å². The van der Waals surface area contributed by atoms with Crippen LogP contribution in [0, 0.1) is 6.92 Å². The second-order valence-electron chi connectivity index (χ2n) is 3.96. The highest BCUT2D eigenvalue weighted by atomic mass is 32.2. The van der Waals surface area contributed by atoms with Crippen molar-refractivity contribution in [1.29, 1.82) is 0 Å². The van der Waals surface area contributed by atoms with Crippen LogP contribution in [0.25, 0.3) is 0 Å². The fourth-order valence-corrected chi connectivity index (χ4v) is 3.12. The van der Waals surface area contributed by atoms with Crippen LogP contribution >= 0.6 is 23.1 Å². The number of hydrogen-bond acceptors (Lipinski definition) is 4.